The van der Waals surface area contributed by atoms with Crippen LogP contribution < -0.4 is 10.6 Å². The summed E-state index contributed by atoms with van der Waals surface area (Å²) < 4.78 is 44.1. The first-order valence-corrected chi connectivity index (χ1v) is 6.22. The molecule has 0 heterocycles. The summed E-state index contributed by atoms with van der Waals surface area (Å²) in [6.07, 6.45) is 0.732. The average Bonchev–Trinajstić information content (AvgIpc) is 2.35. The Morgan fingerprint density at radius 3 is 2.58 bits per heavy atom. The number of hydrogen-bond donors (Lipinski definition) is 2. The lowest BCUT2D eigenvalue weighted by molar-refractivity contribution is 0.146. The molecule has 0 unspecified atom stereocenters. The summed E-state index contributed by atoms with van der Waals surface area (Å²) in [5.41, 5.74) is -0.207. The van der Waals surface area contributed by atoms with E-state index >= 15 is 0 Å². The van der Waals surface area contributed by atoms with Crippen LogP contribution in [-0.2, 0) is 4.74 Å². The molecule has 0 aliphatic rings. The maximum atomic E-state index is 13.3. The van der Waals surface area contributed by atoms with Crippen molar-refractivity contribution >= 4 is 23.0 Å². The minimum atomic E-state index is -1.24. The van der Waals surface area contributed by atoms with E-state index < -0.39 is 17.5 Å². The highest BCUT2D eigenvalue weighted by Crippen LogP contribution is 2.18. The molecule has 106 valence electrons. The van der Waals surface area contributed by atoms with Gasteiger partial charge in [-0.2, -0.15) is 0 Å². The minimum absolute atomic E-state index is 0.140. The zero-order valence-electron chi connectivity index (χ0n) is 10.4. The molecular formula is C12H15F3N2OS. The van der Waals surface area contributed by atoms with Gasteiger partial charge in [-0.3, -0.25) is 0 Å². The average molecular weight is 292 g/mol. The van der Waals surface area contributed by atoms with E-state index in [1.54, 1.807) is 0 Å². The van der Waals surface area contributed by atoms with Crippen molar-refractivity contribution in [1.29, 1.82) is 0 Å². The molecule has 1 aromatic carbocycles. The fourth-order valence-electron chi connectivity index (χ4n) is 1.31. The number of anilines is 1. The summed E-state index contributed by atoms with van der Waals surface area (Å²) in [6.45, 7) is 3.66. The van der Waals surface area contributed by atoms with E-state index in [0.29, 0.717) is 25.8 Å². The Bertz CT molecular complexity index is 443. The van der Waals surface area contributed by atoms with Crippen LogP contribution in [0.15, 0.2) is 12.1 Å². The van der Waals surface area contributed by atoms with Gasteiger partial charge in [-0.25, -0.2) is 13.2 Å². The van der Waals surface area contributed by atoms with Crippen LogP contribution in [-0.4, -0.2) is 24.9 Å². The van der Waals surface area contributed by atoms with Gasteiger partial charge in [0.05, 0.1) is 5.69 Å². The van der Waals surface area contributed by atoms with Crippen molar-refractivity contribution in [3.8, 4) is 0 Å². The molecule has 0 amide bonds. The van der Waals surface area contributed by atoms with Crippen molar-refractivity contribution in [2.45, 2.75) is 13.3 Å². The van der Waals surface area contributed by atoms with Crippen molar-refractivity contribution < 1.29 is 17.9 Å². The quantitative estimate of drug-likeness (QED) is 0.480. The molecule has 0 saturated heterocycles. The molecule has 1 rings (SSSR count). The zero-order chi connectivity index (χ0) is 14.3. The number of ether oxygens (including phenoxy) is 1. The SMILES string of the molecule is CCOCCCNC(=S)Nc1cc(F)c(F)cc1F. The Hall–Kier alpha value is -1.34. The minimum Gasteiger partial charge on any atom is -0.382 e. The summed E-state index contributed by atoms with van der Waals surface area (Å²) in [5, 5.41) is 5.42. The van der Waals surface area contributed by atoms with Crippen LogP contribution in [0.4, 0.5) is 18.9 Å². The lowest BCUT2D eigenvalue weighted by atomic mass is 10.3. The van der Waals surface area contributed by atoms with Crippen molar-refractivity contribution in [2.75, 3.05) is 25.1 Å². The molecule has 0 bridgehead atoms. The van der Waals surface area contributed by atoms with Crippen LogP contribution in [0.2, 0.25) is 0 Å². The third-order valence-corrected chi connectivity index (χ3v) is 2.46. The number of nitrogens with one attached hydrogen (secondary N) is 2. The molecule has 0 spiro atoms. The highest BCUT2D eigenvalue weighted by atomic mass is 32.1. The van der Waals surface area contributed by atoms with Crippen LogP contribution in [0.1, 0.15) is 13.3 Å². The summed E-state index contributed by atoms with van der Waals surface area (Å²) in [6, 6.07) is 1.19. The smallest absolute Gasteiger partial charge is 0.170 e. The van der Waals surface area contributed by atoms with Crippen molar-refractivity contribution in [1.82, 2.24) is 5.32 Å². The van der Waals surface area contributed by atoms with Crippen molar-refractivity contribution in [2.24, 2.45) is 0 Å². The summed E-state index contributed by atoms with van der Waals surface area (Å²) in [5.74, 6) is -3.28. The Kier molecular flexibility index (Phi) is 6.58. The van der Waals surface area contributed by atoms with E-state index in [1.165, 1.54) is 0 Å². The zero-order valence-corrected chi connectivity index (χ0v) is 11.3. The molecule has 0 fully saturated rings. The predicted molar refractivity (Wildman–Crippen MR) is 71.6 cm³/mol. The second kappa shape index (κ2) is 7.96. The van der Waals surface area contributed by atoms with Crippen LogP contribution in [0, 0.1) is 17.5 Å². The molecule has 7 heteroatoms. The van der Waals surface area contributed by atoms with Crippen molar-refractivity contribution in [3.05, 3.63) is 29.6 Å². The Balaban J connectivity index is 2.42. The molecule has 1 aromatic rings. The van der Waals surface area contributed by atoms with Gasteiger partial charge in [0, 0.05) is 31.9 Å². The molecular weight excluding hydrogens is 277 g/mol. The standard InChI is InChI=1S/C12H15F3N2OS/c1-2-18-5-3-4-16-12(19)17-11-7-9(14)8(13)6-10(11)15/h6-7H,2-5H2,1H3,(H2,16,17,19). The van der Waals surface area contributed by atoms with Gasteiger partial charge in [0.1, 0.15) is 5.82 Å². The topological polar surface area (TPSA) is 33.3 Å². The van der Waals surface area contributed by atoms with E-state index in [0.717, 1.165) is 12.5 Å². The second-order valence-corrected chi connectivity index (χ2v) is 4.09. The predicted octanol–water partition coefficient (Wildman–Crippen LogP) is 2.82. The Morgan fingerprint density at radius 2 is 1.89 bits per heavy atom. The van der Waals surface area contributed by atoms with Gasteiger partial charge in [0.2, 0.25) is 0 Å². The van der Waals surface area contributed by atoms with Crippen LogP contribution in [0.25, 0.3) is 0 Å². The molecule has 0 aliphatic carbocycles. The third kappa shape index (κ3) is 5.44. The number of rotatable bonds is 6. The van der Waals surface area contributed by atoms with Gasteiger partial charge < -0.3 is 15.4 Å². The monoisotopic (exact) mass is 292 g/mol. The molecule has 0 radical (unpaired) electrons. The first-order chi connectivity index (χ1) is 9.04. The lowest BCUT2D eigenvalue weighted by Gasteiger charge is -2.11. The van der Waals surface area contributed by atoms with Gasteiger partial charge in [-0.1, -0.05) is 0 Å². The summed E-state index contributed by atoms with van der Waals surface area (Å²) >= 11 is 4.90. The second-order valence-electron chi connectivity index (χ2n) is 3.68. The summed E-state index contributed by atoms with van der Waals surface area (Å²) in [7, 11) is 0. The van der Waals surface area contributed by atoms with E-state index in [1.807, 2.05) is 6.92 Å². The van der Waals surface area contributed by atoms with Gasteiger partial charge in [-0.15, -0.1) is 0 Å². The van der Waals surface area contributed by atoms with Crippen LogP contribution >= 0.6 is 12.2 Å². The van der Waals surface area contributed by atoms with E-state index in [9.17, 15) is 13.2 Å². The highest BCUT2D eigenvalue weighted by Gasteiger charge is 2.10. The Morgan fingerprint density at radius 1 is 1.21 bits per heavy atom. The van der Waals surface area contributed by atoms with E-state index in [2.05, 4.69) is 10.6 Å². The molecule has 3 nitrogen and oxygen atoms in total. The Labute approximate surface area is 115 Å². The van der Waals surface area contributed by atoms with Crippen LogP contribution in [0.3, 0.4) is 0 Å². The van der Waals surface area contributed by atoms with E-state index in [-0.39, 0.29) is 10.8 Å². The molecule has 0 aliphatic heterocycles. The highest BCUT2D eigenvalue weighted by molar-refractivity contribution is 7.80. The first-order valence-electron chi connectivity index (χ1n) is 5.81. The molecule has 0 saturated carbocycles. The third-order valence-electron chi connectivity index (χ3n) is 2.21. The van der Waals surface area contributed by atoms with Crippen LogP contribution in [0.5, 0.6) is 0 Å². The lowest BCUT2D eigenvalue weighted by Crippen LogP contribution is -2.30. The van der Waals surface area contributed by atoms with E-state index in [4.69, 9.17) is 17.0 Å². The molecule has 19 heavy (non-hydrogen) atoms. The largest absolute Gasteiger partial charge is 0.382 e. The number of thiocarbonyl (C=S) groups is 1. The van der Waals surface area contributed by atoms with Crippen molar-refractivity contribution in [3.63, 3.8) is 0 Å². The normalized spacial score (nSPS) is 10.3. The molecule has 0 aromatic heterocycles. The number of benzene rings is 1. The first kappa shape index (κ1) is 15.7. The van der Waals surface area contributed by atoms with Gasteiger partial charge in [-0.05, 0) is 25.6 Å². The van der Waals surface area contributed by atoms with Gasteiger partial charge >= 0.3 is 0 Å². The summed E-state index contributed by atoms with van der Waals surface area (Å²) in [4.78, 5) is 0. The molecule has 2 N–H and O–H groups in total. The fraction of sp³-hybridized carbons (Fsp3) is 0.417. The van der Waals surface area contributed by atoms with Gasteiger partial charge in [0.25, 0.3) is 0 Å². The number of hydrogen-bond acceptors (Lipinski definition) is 2. The molecule has 0 atom stereocenters. The maximum absolute atomic E-state index is 13.3. The fourth-order valence-corrected chi connectivity index (χ4v) is 1.52. The van der Waals surface area contributed by atoms with Gasteiger partial charge in [0.15, 0.2) is 16.7 Å². The number of halogens is 3. The maximum Gasteiger partial charge on any atom is 0.170 e.